The summed E-state index contributed by atoms with van der Waals surface area (Å²) in [4.78, 5) is 16.5. The van der Waals surface area contributed by atoms with Crippen LogP contribution in [0.5, 0.6) is 0 Å². The van der Waals surface area contributed by atoms with Crippen LogP contribution in [0.15, 0.2) is 48.7 Å². The number of H-pyrrole nitrogens is 1. The van der Waals surface area contributed by atoms with Crippen molar-refractivity contribution in [2.75, 3.05) is 31.1 Å². The quantitative estimate of drug-likeness (QED) is 0.743. The van der Waals surface area contributed by atoms with Gasteiger partial charge in [0.2, 0.25) is 0 Å². The van der Waals surface area contributed by atoms with E-state index in [-0.39, 0.29) is 5.91 Å². The van der Waals surface area contributed by atoms with E-state index >= 15 is 0 Å². The molecule has 0 radical (unpaired) electrons. The van der Waals surface area contributed by atoms with Gasteiger partial charge in [-0.2, -0.15) is 5.10 Å². The van der Waals surface area contributed by atoms with Crippen molar-refractivity contribution in [1.82, 2.24) is 15.1 Å². The number of aliphatic hydroxyl groups excluding tert-OH is 1. The number of nitrogens with zero attached hydrogens (tertiary/aromatic N) is 3. The Morgan fingerprint density at radius 2 is 1.96 bits per heavy atom. The molecule has 134 valence electrons. The van der Waals surface area contributed by atoms with Gasteiger partial charge in [0.15, 0.2) is 6.10 Å². The summed E-state index contributed by atoms with van der Waals surface area (Å²) in [5, 5.41) is 18.9. The summed E-state index contributed by atoms with van der Waals surface area (Å²) in [5.41, 5.74) is 2.64. The number of anilines is 1. The number of halogens is 1. The molecule has 26 heavy (non-hydrogen) atoms. The minimum atomic E-state index is -1.18. The third kappa shape index (κ3) is 3.25. The topological polar surface area (TPSA) is 72.5 Å². The van der Waals surface area contributed by atoms with Gasteiger partial charge in [0.25, 0.3) is 5.91 Å². The van der Waals surface area contributed by atoms with E-state index in [4.69, 9.17) is 11.6 Å². The molecule has 3 aromatic rings. The Morgan fingerprint density at radius 3 is 2.73 bits per heavy atom. The van der Waals surface area contributed by atoms with Gasteiger partial charge in [0.05, 0.1) is 11.7 Å². The molecule has 1 aliphatic rings. The highest BCUT2D eigenvalue weighted by Gasteiger charge is 2.27. The predicted molar refractivity (Wildman–Crippen MR) is 101 cm³/mol. The lowest BCUT2D eigenvalue weighted by molar-refractivity contribution is -0.140. The summed E-state index contributed by atoms with van der Waals surface area (Å²) in [5.74, 6) is -0.280. The van der Waals surface area contributed by atoms with Crippen LogP contribution >= 0.6 is 11.6 Å². The number of hydrogen-bond donors (Lipinski definition) is 2. The number of hydrogen-bond acceptors (Lipinski definition) is 4. The predicted octanol–water partition coefficient (Wildman–Crippen LogP) is 2.60. The second-order valence-corrected chi connectivity index (χ2v) is 6.85. The fraction of sp³-hybridized carbons (Fsp3) is 0.263. The summed E-state index contributed by atoms with van der Waals surface area (Å²) >= 11 is 5.95. The monoisotopic (exact) mass is 370 g/mol. The minimum Gasteiger partial charge on any atom is -0.378 e. The first-order valence-electron chi connectivity index (χ1n) is 8.52. The van der Waals surface area contributed by atoms with Crippen molar-refractivity contribution >= 4 is 34.1 Å². The van der Waals surface area contributed by atoms with Gasteiger partial charge in [0.1, 0.15) is 0 Å². The average molecular weight is 371 g/mol. The SMILES string of the molecule is O=C([C@H](O)c1cccc(Cl)c1)N1CCN(c2ccc3[nH]ncc3c2)CC1. The van der Waals surface area contributed by atoms with Gasteiger partial charge in [-0.15, -0.1) is 0 Å². The molecule has 0 spiro atoms. The molecule has 0 saturated carbocycles. The van der Waals surface area contributed by atoms with Gasteiger partial charge in [-0.05, 0) is 35.9 Å². The third-order valence-corrected chi connectivity index (χ3v) is 5.01. The summed E-state index contributed by atoms with van der Waals surface area (Å²) < 4.78 is 0. The number of benzene rings is 2. The van der Waals surface area contributed by atoms with Crippen LogP contribution < -0.4 is 4.90 Å². The minimum absolute atomic E-state index is 0.280. The van der Waals surface area contributed by atoms with E-state index in [1.54, 1.807) is 35.4 Å². The van der Waals surface area contributed by atoms with Crippen molar-refractivity contribution < 1.29 is 9.90 Å². The molecule has 2 aromatic carbocycles. The molecule has 1 aliphatic heterocycles. The van der Waals surface area contributed by atoms with E-state index in [0.29, 0.717) is 23.7 Å². The lowest BCUT2D eigenvalue weighted by atomic mass is 10.1. The number of rotatable bonds is 3. The van der Waals surface area contributed by atoms with Gasteiger partial charge < -0.3 is 14.9 Å². The number of carbonyl (C=O) groups excluding carboxylic acids is 1. The standard InChI is InChI=1S/C19H19ClN4O2/c20-15-3-1-2-13(10-15)18(25)19(26)24-8-6-23(7-9-24)16-4-5-17-14(11-16)12-21-22-17/h1-5,10-12,18,25H,6-9H2,(H,21,22)/t18-/m1/s1. The maximum atomic E-state index is 12.6. The molecule has 2 heterocycles. The van der Waals surface area contributed by atoms with Crippen LogP contribution in [-0.2, 0) is 4.79 Å². The van der Waals surface area contributed by atoms with Crippen LogP contribution in [0.4, 0.5) is 5.69 Å². The van der Waals surface area contributed by atoms with E-state index < -0.39 is 6.10 Å². The molecule has 1 saturated heterocycles. The fourth-order valence-corrected chi connectivity index (χ4v) is 3.50. The third-order valence-electron chi connectivity index (χ3n) is 4.78. The second-order valence-electron chi connectivity index (χ2n) is 6.41. The number of nitrogens with one attached hydrogen (secondary N) is 1. The number of aromatic amines is 1. The highest BCUT2D eigenvalue weighted by atomic mass is 35.5. The van der Waals surface area contributed by atoms with Crippen molar-refractivity contribution in [3.63, 3.8) is 0 Å². The highest BCUT2D eigenvalue weighted by molar-refractivity contribution is 6.30. The Hall–Kier alpha value is -2.57. The number of carbonyl (C=O) groups is 1. The lowest BCUT2D eigenvalue weighted by Gasteiger charge is -2.37. The molecule has 4 rings (SSSR count). The molecule has 1 atom stereocenters. The number of aromatic nitrogens is 2. The van der Waals surface area contributed by atoms with Gasteiger partial charge in [-0.1, -0.05) is 23.7 Å². The van der Waals surface area contributed by atoms with E-state index in [1.807, 2.05) is 6.07 Å². The molecule has 7 heteroatoms. The zero-order valence-corrected chi connectivity index (χ0v) is 14.9. The van der Waals surface area contributed by atoms with Crippen LogP contribution in [0.25, 0.3) is 10.9 Å². The Balaban J connectivity index is 1.41. The Morgan fingerprint density at radius 1 is 1.15 bits per heavy atom. The molecule has 0 bridgehead atoms. The smallest absolute Gasteiger partial charge is 0.256 e. The van der Waals surface area contributed by atoms with E-state index in [1.165, 1.54) is 0 Å². The molecule has 1 amide bonds. The van der Waals surface area contributed by atoms with Gasteiger partial charge in [0, 0.05) is 42.3 Å². The highest BCUT2D eigenvalue weighted by Crippen LogP contribution is 2.24. The fourth-order valence-electron chi connectivity index (χ4n) is 3.30. The van der Waals surface area contributed by atoms with Crippen molar-refractivity contribution in [1.29, 1.82) is 0 Å². The van der Waals surface area contributed by atoms with E-state index in [9.17, 15) is 9.90 Å². The molecular weight excluding hydrogens is 352 g/mol. The zero-order valence-electron chi connectivity index (χ0n) is 14.1. The van der Waals surface area contributed by atoms with E-state index in [0.717, 1.165) is 29.7 Å². The molecule has 0 aliphatic carbocycles. The summed E-state index contributed by atoms with van der Waals surface area (Å²) in [7, 11) is 0. The number of amides is 1. The Bertz CT molecular complexity index is 934. The van der Waals surface area contributed by atoms with E-state index in [2.05, 4.69) is 27.2 Å². The summed E-state index contributed by atoms with van der Waals surface area (Å²) in [6.07, 6.45) is 0.627. The normalized spacial score (nSPS) is 16.1. The first-order valence-corrected chi connectivity index (χ1v) is 8.90. The summed E-state index contributed by atoms with van der Waals surface area (Å²) in [6.45, 7) is 2.58. The maximum absolute atomic E-state index is 12.6. The average Bonchev–Trinajstić information content (AvgIpc) is 3.15. The van der Waals surface area contributed by atoms with Crippen LogP contribution in [0.3, 0.4) is 0 Å². The molecule has 1 aromatic heterocycles. The molecule has 0 unspecified atom stereocenters. The van der Waals surface area contributed by atoms with Crippen molar-refractivity contribution in [2.45, 2.75) is 6.10 Å². The van der Waals surface area contributed by atoms with Crippen molar-refractivity contribution in [3.8, 4) is 0 Å². The molecule has 1 fully saturated rings. The van der Waals surface area contributed by atoms with Crippen molar-refractivity contribution in [2.24, 2.45) is 0 Å². The van der Waals surface area contributed by atoms with Gasteiger partial charge >= 0.3 is 0 Å². The first kappa shape index (κ1) is 16.9. The largest absolute Gasteiger partial charge is 0.378 e. The maximum Gasteiger partial charge on any atom is 0.256 e. The Labute approximate surface area is 156 Å². The number of fused-ring (bicyclic) bond motifs is 1. The Kier molecular flexibility index (Phi) is 4.53. The molecular formula is C19H19ClN4O2. The molecule has 2 N–H and O–H groups in total. The number of aliphatic hydroxyl groups is 1. The van der Waals surface area contributed by atoms with Crippen LogP contribution in [0.2, 0.25) is 5.02 Å². The summed E-state index contributed by atoms with van der Waals surface area (Å²) in [6, 6.07) is 13.0. The number of piperazine rings is 1. The van der Waals surface area contributed by atoms with Crippen LogP contribution in [0, 0.1) is 0 Å². The van der Waals surface area contributed by atoms with Crippen LogP contribution in [-0.4, -0.2) is 52.3 Å². The van der Waals surface area contributed by atoms with Gasteiger partial charge in [-0.3, -0.25) is 9.89 Å². The zero-order chi connectivity index (χ0) is 18.1. The van der Waals surface area contributed by atoms with Gasteiger partial charge in [-0.25, -0.2) is 0 Å². The first-order chi connectivity index (χ1) is 12.6. The van der Waals surface area contributed by atoms with Crippen molar-refractivity contribution in [3.05, 3.63) is 59.2 Å². The second kappa shape index (κ2) is 6.97. The molecule has 6 nitrogen and oxygen atoms in total. The lowest BCUT2D eigenvalue weighted by Crippen LogP contribution is -2.50. The van der Waals surface area contributed by atoms with Crippen LogP contribution in [0.1, 0.15) is 11.7 Å².